The Morgan fingerprint density at radius 1 is 0.921 bits per heavy atom. The first-order chi connectivity index (χ1) is 18.4. The zero-order valence-corrected chi connectivity index (χ0v) is 19.6. The van der Waals surface area contributed by atoms with Crippen LogP contribution in [0.1, 0.15) is 33.1 Å². The molecule has 3 aromatic heterocycles. The smallest absolute Gasteiger partial charge is 0.346 e. The molecule has 38 heavy (non-hydrogen) atoms. The minimum atomic E-state index is -4.45. The van der Waals surface area contributed by atoms with E-state index in [-0.39, 0.29) is 5.91 Å². The molecule has 1 atom stereocenters. The average Bonchev–Trinajstić information content (AvgIpc) is 3.64. The molecule has 0 aliphatic heterocycles. The topological polar surface area (TPSA) is 86.5 Å². The number of amides is 1. The largest absolute Gasteiger partial charge is 0.416 e. The standard InChI is InChI=1S/C29H18F3N5O/c30-29(31,32)15-8-9-22-23(14-15)36-27(35-22)21-7-3-6-20-24(21)16-4-1-2-5-17(16)25(20)37-28(38)19-11-13-34-26-18(19)10-12-33-26/h1-14,25H,(H,33,34)(H,35,36)(H,37,38). The lowest BCUT2D eigenvalue weighted by Crippen LogP contribution is -2.28. The zero-order chi connectivity index (χ0) is 26.0. The van der Waals surface area contributed by atoms with E-state index in [1.807, 2.05) is 48.5 Å². The van der Waals surface area contributed by atoms with Crippen LogP contribution in [0, 0.1) is 0 Å². The zero-order valence-electron chi connectivity index (χ0n) is 19.6. The van der Waals surface area contributed by atoms with Gasteiger partial charge in [-0.05, 0) is 52.6 Å². The molecule has 3 aromatic carbocycles. The number of hydrogen-bond donors (Lipinski definition) is 3. The van der Waals surface area contributed by atoms with Crippen molar-refractivity contribution in [3.05, 3.63) is 107 Å². The molecule has 186 valence electrons. The van der Waals surface area contributed by atoms with E-state index in [0.717, 1.165) is 45.3 Å². The molecule has 0 saturated heterocycles. The number of benzene rings is 3. The summed E-state index contributed by atoms with van der Waals surface area (Å²) >= 11 is 0. The summed E-state index contributed by atoms with van der Waals surface area (Å²) in [7, 11) is 0. The molecule has 0 saturated carbocycles. The van der Waals surface area contributed by atoms with Crippen molar-refractivity contribution in [2.45, 2.75) is 12.2 Å². The van der Waals surface area contributed by atoms with E-state index in [4.69, 9.17) is 0 Å². The van der Waals surface area contributed by atoms with Gasteiger partial charge in [0, 0.05) is 23.3 Å². The summed E-state index contributed by atoms with van der Waals surface area (Å²) < 4.78 is 39.8. The number of H-pyrrole nitrogens is 2. The number of hydrogen-bond acceptors (Lipinski definition) is 3. The number of imidazole rings is 1. The fourth-order valence-corrected chi connectivity index (χ4v) is 5.29. The fourth-order valence-electron chi connectivity index (χ4n) is 5.29. The summed E-state index contributed by atoms with van der Waals surface area (Å²) in [4.78, 5) is 28.4. The van der Waals surface area contributed by atoms with E-state index in [0.29, 0.717) is 28.1 Å². The summed E-state index contributed by atoms with van der Waals surface area (Å²) in [5.74, 6) is 0.222. The van der Waals surface area contributed by atoms with E-state index in [2.05, 4.69) is 25.3 Å². The molecule has 1 amide bonds. The van der Waals surface area contributed by atoms with Crippen molar-refractivity contribution in [1.82, 2.24) is 25.3 Å². The molecule has 9 heteroatoms. The van der Waals surface area contributed by atoms with Crippen LogP contribution in [-0.4, -0.2) is 25.8 Å². The second kappa shape index (κ2) is 8.04. The SMILES string of the molecule is O=C(NC1c2ccccc2-c2c(-c3nc4ccc(C(F)(F)F)cc4[nH]3)cccc21)c1ccnc2[nH]ccc12. The molecule has 1 unspecified atom stereocenters. The first-order valence-corrected chi connectivity index (χ1v) is 11.9. The Morgan fingerprint density at radius 3 is 2.61 bits per heavy atom. The highest BCUT2D eigenvalue weighted by Gasteiger charge is 2.33. The third-order valence-corrected chi connectivity index (χ3v) is 6.99. The molecule has 6 aromatic rings. The molecular formula is C29H18F3N5O. The van der Waals surface area contributed by atoms with Crippen LogP contribution in [0.5, 0.6) is 0 Å². The molecule has 0 spiro atoms. The third kappa shape index (κ3) is 3.39. The predicted molar refractivity (Wildman–Crippen MR) is 137 cm³/mol. The van der Waals surface area contributed by atoms with Gasteiger partial charge in [-0.3, -0.25) is 4.79 Å². The summed E-state index contributed by atoms with van der Waals surface area (Å²) in [6, 6.07) is 20.0. The monoisotopic (exact) mass is 509 g/mol. The number of carbonyl (C=O) groups is 1. The van der Waals surface area contributed by atoms with Gasteiger partial charge in [0.1, 0.15) is 11.5 Å². The molecular weight excluding hydrogens is 491 g/mol. The number of aromatic amines is 2. The maximum Gasteiger partial charge on any atom is 0.416 e. The van der Waals surface area contributed by atoms with Gasteiger partial charge in [-0.2, -0.15) is 13.2 Å². The number of carbonyl (C=O) groups excluding carboxylic acids is 1. The highest BCUT2D eigenvalue weighted by Crippen LogP contribution is 2.48. The Balaban J connectivity index is 1.33. The van der Waals surface area contributed by atoms with Crippen LogP contribution in [-0.2, 0) is 6.18 Å². The molecule has 1 aliphatic rings. The van der Waals surface area contributed by atoms with Crippen molar-refractivity contribution >= 4 is 28.0 Å². The van der Waals surface area contributed by atoms with Gasteiger partial charge in [-0.25, -0.2) is 9.97 Å². The number of alkyl halides is 3. The Hall–Kier alpha value is -4.92. The highest BCUT2D eigenvalue weighted by molar-refractivity contribution is 6.06. The Labute approximate surface area is 213 Å². The lowest BCUT2D eigenvalue weighted by Gasteiger charge is -2.16. The molecule has 3 N–H and O–H groups in total. The molecule has 1 aliphatic carbocycles. The van der Waals surface area contributed by atoms with E-state index in [1.54, 1.807) is 18.5 Å². The Bertz CT molecular complexity index is 1880. The first-order valence-electron chi connectivity index (χ1n) is 11.9. The van der Waals surface area contributed by atoms with Gasteiger partial charge in [0.25, 0.3) is 5.91 Å². The van der Waals surface area contributed by atoms with Crippen molar-refractivity contribution in [1.29, 1.82) is 0 Å². The number of nitrogens with one attached hydrogen (secondary N) is 3. The number of fused-ring (bicyclic) bond motifs is 5. The van der Waals surface area contributed by atoms with E-state index < -0.39 is 17.8 Å². The van der Waals surface area contributed by atoms with Gasteiger partial charge in [0.2, 0.25) is 0 Å². The summed E-state index contributed by atoms with van der Waals surface area (Å²) in [6.07, 6.45) is -1.11. The fraction of sp³-hybridized carbons (Fsp3) is 0.0690. The second-order valence-electron chi connectivity index (χ2n) is 9.18. The quantitative estimate of drug-likeness (QED) is 0.250. The number of rotatable bonds is 3. The van der Waals surface area contributed by atoms with Gasteiger partial charge in [0.05, 0.1) is 28.2 Å². The van der Waals surface area contributed by atoms with Crippen molar-refractivity contribution < 1.29 is 18.0 Å². The van der Waals surface area contributed by atoms with Crippen molar-refractivity contribution in [2.24, 2.45) is 0 Å². The molecule has 7 rings (SSSR count). The number of nitrogens with zero attached hydrogens (tertiary/aromatic N) is 2. The van der Waals surface area contributed by atoms with E-state index in [1.165, 1.54) is 6.07 Å². The third-order valence-electron chi connectivity index (χ3n) is 6.99. The Kier molecular flexibility index (Phi) is 4.72. The molecule has 6 nitrogen and oxygen atoms in total. The molecule has 0 radical (unpaired) electrons. The summed E-state index contributed by atoms with van der Waals surface area (Å²) in [6.45, 7) is 0. The van der Waals surface area contributed by atoms with Crippen molar-refractivity contribution in [2.75, 3.05) is 0 Å². The average molecular weight is 509 g/mol. The van der Waals surface area contributed by atoms with Crippen LogP contribution in [0.25, 0.3) is 44.6 Å². The van der Waals surface area contributed by atoms with Gasteiger partial charge in [-0.15, -0.1) is 0 Å². The summed E-state index contributed by atoms with van der Waals surface area (Å²) in [5.41, 5.74) is 5.51. The van der Waals surface area contributed by atoms with Gasteiger partial charge in [-0.1, -0.05) is 42.5 Å². The van der Waals surface area contributed by atoms with Crippen LogP contribution in [0.2, 0.25) is 0 Å². The van der Waals surface area contributed by atoms with Crippen molar-refractivity contribution in [3.63, 3.8) is 0 Å². The second-order valence-corrected chi connectivity index (χ2v) is 9.18. The lowest BCUT2D eigenvalue weighted by molar-refractivity contribution is -0.137. The van der Waals surface area contributed by atoms with Crippen LogP contribution in [0.15, 0.2) is 85.2 Å². The number of halogens is 3. The van der Waals surface area contributed by atoms with Crippen LogP contribution >= 0.6 is 0 Å². The highest BCUT2D eigenvalue weighted by atomic mass is 19.4. The summed E-state index contributed by atoms with van der Waals surface area (Å²) in [5, 5.41) is 3.91. The minimum absolute atomic E-state index is 0.238. The van der Waals surface area contributed by atoms with Crippen LogP contribution < -0.4 is 5.32 Å². The van der Waals surface area contributed by atoms with Gasteiger partial charge >= 0.3 is 6.18 Å². The maximum atomic E-state index is 13.5. The maximum absolute atomic E-state index is 13.5. The first kappa shape index (κ1) is 22.3. The van der Waals surface area contributed by atoms with Gasteiger partial charge < -0.3 is 15.3 Å². The molecule has 0 fully saturated rings. The van der Waals surface area contributed by atoms with Crippen molar-refractivity contribution in [3.8, 4) is 22.5 Å². The van der Waals surface area contributed by atoms with Crippen LogP contribution in [0.3, 0.4) is 0 Å². The molecule has 3 heterocycles. The van der Waals surface area contributed by atoms with Gasteiger partial charge in [0.15, 0.2) is 0 Å². The minimum Gasteiger partial charge on any atom is -0.346 e. The predicted octanol–water partition coefficient (Wildman–Crippen LogP) is 6.62. The number of pyridine rings is 1. The van der Waals surface area contributed by atoms with E-state index in [9.17, 15) is 18.0 Å². The molecule has 0 bridgehead atoms. The normalized spacial score (nSPS) is 14.6. The van der Waals surface area contributed by atoms with E-state index >= 15 is 0 Å². The lowest BCUT2D eigenvalue weighted by atomic mass is 9.98. The Morgan fingerprint density at radius 2 is 1.74 bits per heavy atom. The van der Waals surface area contributed by atoms with Crippen LogP contribution in [0.4, 0.5) is 13.2 Å². The number of aromatic nitrogens is 4.